The number of piperidine rings is 1. The average molecular weight is 480 g/mol. The number of hydrogen-bond donors (Lipinski definition) is 2. The molecule has 1 saturated heterocycles. The number of aromatic nitrogens is 4. The van der Waals surface area contributed by atoms with E-state index in [9.17, 15) is 5.11 Å². The van der Waals surface area contributed by atoms with E-state index in [0.717, 1.165) is 60.8 Å². The van der Waals surface area contributed by atoms with Crippen molar-refractivity contribution in [1.82, 2.24) is 24.6 Å². The van der Waals surface area contributed by atoms with E-state index in [1.807, 2.05) is 31.2 Å². The van der Waals surface area contributed by atoms with E-state index in [4.69, 9.17) is 5.26 Å². The van der Waals surface area contributed by atoms with E-state index in [-0.39, 0.29) is 12.6 Å². The molecular formula is C28H29N7O. The first kappa shape index (κ1) is 22.5. The average Bonchev–Trinajstić information content (AvgIpc) is 3.54. The summed E-state index contributed by atoms with van der Waals surface area (Å²) in [6, 6.07) is 19.3. The number of aliphatic hydroxyl groups excluding tert-OH is 1. The van der Waals surface area contributed by atoms with Gasteiger partial charge in [-0.05, 0) is 67.3 Å². The third kappa shape index (κ3) is 4.06. The lowest BCUT2D eigenvalue weighted by Crippen LogP contribution is -2.46. The van der Waals surface area contributed by atoms with Crippen molar-refractivity contribution >= 4 is 5.69 Å². The van der Waals surface area contributed by atoms with Crippen LogP contribution in [0.15, 0.2) is 61.1 Å². The lowest BCUT2D eigenvalue weighted by atomic mass is 10.0. The van der Waals surface area contributed by atoms with Crippen molar-refractivity contribution in [2.45, 2.75) is 38.4 Å². The van der Waals surface area contributed by atoms with Crippen molar-refractivity contribution in [3.8, 4) is 34.4 Å². The maximum absolute atomic E-state index is 9.34. The van der Waals surface area contributed by atoms with Crippen LogP contribution in [0.5, 0.6) is 0 Å². The molecule has 4 aromatic rings. The first-order valence-electron chi connectivity index (χ1n) is 12.5. The molecular weight excluding hydrogens is 450 g/mol. The van der Waals surface area contributed by atoms with Gasteiger partial charge >= 0.3 is 0 Å². The largest absolute Gasteiger partial charge is 0.395 e. The molecule has 1 atom stereocenters. The first-order valence-corrected chi connectivity index (χ1v) is 12.5. The minimum absolute atomic E-state index is 0.136. The first-order chi connectivity index (χ1) is 17.6. The molecule has 6 rings (SSSR count). The summed E-state index contributed by atoms with van der Waals surface area (Å²) in [5, 5.41) is 30.7. The van der Waals surface area contributed by atoms with Crippen molar-refractivity contribution in [2.24, 2.45) is 0 Å². The van der Waals surface area contributed by atoms with E-state index in [0.29, 0.717) is 11.6 Å². The number of nitrogens with one attached hydrogen (secondary N) is 1. The van der Waals surface area contributed by atoms with Gasteiger partial charge in [-0.15, -0.1) is 10.2 Å². The number of hydrogen-bond acceptors (Lipinski definition) is 6. The third-order valence-corrected chi connectivity index (χ3v) is 7.34. The Morgan fingerprint density at radius 1 is 1.11 bits per heavy atom. The molecule has 0 radical (unpaired) electrons. The van der Waals surface area contributed by atoms with Crippen LogP contribution >= 0.6 is 0 Å². The highest BCUT2D eigenvalue weighted by Crippen LogP contribution is 2.35. The molecule has 0 spiro atoms. The van der Waals surface area contributed by atoms with Crippen LogP contribution in [0.4, 0.5) is 5.69 Å². The normalized spacial score (nSPS) is 16.0. The highest BCUT2D eigenvalue weighted by molar-refractivity contribution is 5.72. The van der Waals surface area contributed by atoms with E-state index in [2.05, 4.69) is 66.1 Å². The van der Waals surface area contributed by atoms with Gasteiger partial charge in [-0.25, -0.2) is 0 Å². The smallest absolute Gasteiger partial charge is 0.185 e. The predicted octanol–water partition coefficient (Wildman–Crippen LogP) is 3.58. The van der Waals surface area contributed by atoms with Gasteiger partial charge in [0.15, 0.2) is 5.82 Å². The Bertz CT molecular complexity index is 1420. The molecule has 2 aromatic heterocycles. The molecule has 0 amide bonds. The van der Waals surface area contributed by atoms with Crippen molar-refractivity contribution in [3.05, 3.63) is 72.2 Å². The molecule has 2 aliphatic heterocycles. The number of benzene rings is 2. The van der Waals surface area contributed by atoms with Gasteiger partial charge in [-0.1, -0.05) is 12.1 Å². The van der Waals surface area contributed by atoms with Gasteiger partial charge in [0, 0.05) is 49.2 Å². The number of nitrogens with zero attached hydrogens (tertiary/aromatic N) is 6. The second kappa shape index (κ2) is 9.26. The van der Waals surface area contributed by atoms with Crippen molar-refractivity contribution in [1.29, 1.82) is 5.26 Å². The van der Waals surface area contributed by atoms with Gasteiger partial charge in [0.2, 0.25) is 0 Å². The molecule has 0 bridgehead atoms. The summed E-state index contributed by atoms with van der Waals surface area (Å²) in [6.07, 6.45) is 6.08. The van der Waals surface area contributed by atoms with Crippen LogP contribution in [0.3, 0.4) is 0 Å². The summed E-state index contributed by atoms with van der Waals surface area (Å²) in [5.74, 6) is 0.825. The lowest BCUT2D eigenvalue weighted by Gasteiger charge is -2.35. The number of aliphatic hydroxyl groups is 1. The molecule has 1 unspecified atom stereocenters. The van der Waals surface area contributed by atoms with Gasteiger partial charge in [-0.2, -0.15) is 5.26 Å². The summed E-state index contributed by atoms with van der Waals surface area (Å²) in [4.78, 5) is 2.46. The zero-order valence-corrected chi connectivity index (χ0v) is 20.3. The van der Waals surface area contributed by atoms with E-state index >= 15 is 0 Å². The molecule has 2 N–H and O–H groups in total. The van der Waals surface area contributed by atoms with Crippen LogP contribution in [0.2, 0.25) is 0 Å². The quantitative estimate of drug-likeness (QED) is 0.400. The molecule has 4 heterocycles. The topological polar surface area (TPSA) is 94.9 Å². The highest BCUT2D eigenvalue weighted by Gasteiger charge is 2.25. The molecule has 8 nitrogen and oxygen atoms in total. The minimum atomic E-state index is 0.136. The SMILES string of the molecule is CC(CO)NC1CCN(c2ccc3c(c2)Cn2cc(-c4ccc(C#N)cc4)cc2-c2nncn2-3)CC1. The Hall–Kier alpha value is -3.93. The third-order valence-electron chi connectivity index (χ3n) is 7.34. The molecule has 1 fully saturated rings. The Balaban J connectivity index is 1.30. The van der Waals surface area contributed by atoms with E-state index < -0.39 is 0 Å². The molecule has 0 aliphatic carbocycles. The monoisotopic (exact) mass is 479 g/mol. The fourth-order valence-electron chi connectivity index (χ4n) is 5.38. The fourth-order valence-corrected chi connectivity index (χ4v) is 5.38. The van der Waals surface area contributed by atoms with Crippen LogP contribution in [0.25, 0.3) is 28.3 Å². The Morgan fingerprint density at radius 3 is 2.67 bits per heavy atom. The number of nitriles is 1. The van der Waals surface area contributed by atoms with Gasteiger partial charge in [-0.3, -0.25) is 4.57 Å². The van der Waals surface area contributed by atoms with Crippen LogP contribution < -0.4 is 10.2 Å². The molecule has 2 aromatic carbocycles. The molecule has 36 heavy (non-hydrogen) atoms. The number of rotatable bonds is 5. The standard InChI is InChI=1S/C28H29N7O/c1-19(17-36)31-24-8-10-33(11-9-24)25-6-7-26-23(12-25)16-34-15-22(21-4-2-20(14-29)3-5-21)13-27(34)28-32-30-18-35(26)28/h2-7,12-13,15,18-19,24,31,36H,8-11,16-17H2,1H3. The van der Waals surface area contributed by atoms with Crippen molar-refractivity contribution < 1.29 is 5.11 Å². The molecule has 0 saturated carbocycles. The van der Waals surface area contributed by atoms with Crippen molar-refractivity contribution in [2.75, 3.05) is 24.6 Å². The van der Waals surface area contributed by atoms with Crippen LogP contribution in [-0.2, 0) is 6.54 Å². The highest BCUT2D eigenvalue weighted by atomic mass is 16.3. The van der Waals surface area contributed by atoms with Crippen LogP contribution in [-0.4, -0.2) is 56.2 Å². The zero-order valence-electron chi connectivity index (χ0n) is 20.3. The number of anilines is 1. The molecule has 182 valence electrons. The van der Waals surface area contributed by atoms with Gasteiger partial charge in [0.1, 0.15) is 6.33 Å². The minimum Gasteiger partial charge on any atom is -0.395 e. The summed E-state index contributed by atoms with van der Waals surface area (Å²) in [7, 11) is 0. The zero-order chi connectivity index (χ0) is 24.6. The maximum atomic E-state index is 9.34. The Morgan fingerprint density at radius 2 is 1.92 bits per heavy atom. The Kier molecular flexibility index (Phi) is 5.80. The molecule has 2 aliphatic rings. The fraction of sp³-hybridized carbons (Fsp3) is 0.321. The number of fused-ring (bicyclic) bond motifs is 5. The lowest BCUT2D eigenvalue weighted by molar-refractivity contribution is 0.233. The molecule has 8 heteroatoms. The summed E-state index contributed by atoms with van der Waals surface area (Å²) in [6.45, 7) is 4.92. The van der Waals surface area contributed by atoms with Crippen LogP contribution in [0.1, 0.15) is 30.9 Å². The summed E-state index contributed by atoms with van der Waals surface area (Å²) in [5.41, 5.74) is 7.41. The van der Waals surface area contributed by atoms with Crippen LogP contribution in [0, 0.1) is 11.3 Å². The van der Waals surface area contributed by atoms with Crippen molar-refractivity contribution in [3.63, 3.8) is 0 Å². The van der Waals surface area contributed by atoms with E-state index in [1.54, 1.807) is 6.33 Å². The summed E-state index contributed by atoms with van der Waals surface area (Å²) < 4.78 is 4.32. The van der Waals surface area contributed by atoms with Gasteiger partial charge < -0.3 is 19.9 Å². The maximum Gasteiger partial charge on any atom is 0.185 e. The second-order valence-electron chi connectivity index (χ2n) is 9.78. The van der Waals surface area contributed by atoms with Gasteiger partial charge in [0.05, 0.1) is 29.6 Å². The Labute approximate surface area is 210 Å². The summed E-state index contributed by atoms with van der Waals surface area (Å²) >= 11 is 0. The van der Waals surface area contributed by atoms with Gasteiger partial charge in [0.25, 0.3) is 0 Å². The predicted molar refractivity (Wildman–Crippen MR) is 139 cm³/mol. The second-order valence-corrected chi connectivity index (χ2v) is 9.78. The van der Waals surface area contributed by atoms with E-state index in [1.165, 1.54) is 11.3 Å².